The summed E-state index contributed by atoms with van der Waals surface area (Å²) in [6, 6.07) is 9.16. The maximum Gasteiger partial charge on any atom is 0.210 e. The lowest BCUT2D eigenvalue weighted by molar-refractivity contribution is 0.104. The lowest BCUT2D eigenvalue weighted by atomic mass is 10.1. The number of Topliss-reactive ketones (excluding diaryl/α,β-unsaturated/α-hetero) is 1. The van der Waals surface area contributed by atoms with E-state index in [0.717, 1.165) is 6.42 Å². The Morgan fingerprint density at radius 2 is 1.62 bits per heavy atom. The molecule has 0 atom stereocenters. The van der Waals surface area contributed by atoms with Crippen LogP contribution < -0.4 is 0 Å². The summed E-state index contributed by atoms with van der Waals surface area (Å²) in [4.78, 5) is 17.2. The predicted molar refractivity (Wildman–Crippen MR) is 87.8 cm³/mol. The van der Waals surface area contributed by atoms with Crippen molar-refractivity contribution < 1.29 is 9.63 Å². The van der Waals surface area contributed by atoms with E-state index in [-0.39, 0.29) is 5.78 Å². The standard InChI is InChI=1S/C18H27NO2/c1-3-4-5-6-7-8-12-15-21-19-16(2)18(20)17-13-10-9-11-14-17/h9-11,13-14H,3-8,12,15H2,1-2H3. The number of ketones is 1. The number of hydrogen-bond acceptors (Lipinski definition) is 3. The van der Waals surface area contributed by atoms with Gasteiger partial charge in [0, 0.05) is 5.56 Å². The van der Waals surface area contributed by atoms with Gasteiger partial charge in [-0.05, 0) is 19.8 Å². The van der Waals surface area contributed by atoms with Crippen molar-refractivity contribution in [3.8, 4) is 0 Å². The molecule has 0 aliphatic carbocycles. The number of oxime groups is 1. The SMILES string of the molecule is CCCCCCCCCON=C(C)C(=O)c1ccccc1. The molecule has 116 valence electrons. The van der Waals surface area contributed by atoms with Gasteiger partial charge >= 0.3 is 0 Å². The topological polar surface area (TPSA) is 38.7 Å². The molecule has 0 saturated heterocycles. The maximum absolute atomic E-state index is 12.0. The van der Waals surface area contributed by atoms with E-state index in [2.05, 4.69) is 12.1 Å². The third kappa shape index (κ3) is 7.64. The lowest BCUT2D eigenvalue weighted by Gasteiger charge is -2.03. The van der Waals surface area contributed by atoms with Crippen LogP contribution >= 0.6 is 0 Å². The molecular weight excluding hydrogens is 262 g/mol. The molecular formula is C18H27NO2. The fourth-order valence-electron chi connectivity index (χ4n) is 2.11. The summed E-state index contributed by atoms with van der Waals surface area (Å²) in [5, 5.41) is 3.91. The van der Waals surface area contributed by atoms with Crippen LogP contribution in [0, 0.1) is 0 Å². The van der Waals surface area contributed by atoms with Crippen molar-refractivity contribution in [3.05, 3.63) is 35.9 Å². The molecule has 0 heterocycles. The van der Waals surface area contributed by atoms with Crippen molar-refractivity contribution in [2.24, 2.45) is 5.16 Å². The summed E-state index contributed by atoms with van der Waals surface area (Å²) in [5.74, 6) is -0.0739. The van der Waals surface area contributed by atoms with Crippen LogP contribution in [0.2, 0.25) is 0 Å². The predicted octanol–water partition coefficient (Wildman–Crippen LogP) is 5.01. The lowest BCUT2D eigenvalue weighted by Crippen LogP contribution is -2.11. The molecule has 1 rings (SSSR count). The van der Waals surface area contributed by atoms with Crippen LogP contribution in [0.25, 0.3) is 0 Å². The molecule has 0 aliphatic rings. The van der Waals surface area contributed by atoms with Gasteiger partial charge in [0.15, 0.2) is 0 Å². The minimum atomic E-state index is -0.0739. The number of benzene rings is 1. The number of hydrogen-bond donors (Lipinski definition) is 0. The molecule has 0 radical (unpaired) electrons. The van der Waals surface area contributed by atoms with Crippen molar-refractivity contribution >= 4 is 11.5 Å². The molecule has 21 heavy (non-hydrogen) atoms. The zero-order valence-electron chi connectivity index (χ0n) is 13.3. The molecule has 0 N–H and O–H groups in total. The highest BCUT2D eigenvalue weighted by Gasteiger charge is 2.09. The van der Waals surface area contributed by atoms with Gasteiger partial charge in [0.25, 0.3) is 0 Å². The van der Waals surface area contributed by atoms with Crippen LogP contribution in [0.15, 0.2) is 35.5 Å². The number of carbonyl (C=O) groups excluding carboxylic acids is 1. The maximum atomic E-state index is 12.0. The second-order valence-corrected chi connectivity index (χ2v) is 5.33. The van der Waals surface area contributed by atoms with Gasteiger partial charge in [-0.1, -0.05) is 74.5 Å². The van der Waals surface area contributed by atoms with E-state index in [9.17, 15) is 4.79 Å². The first-order chi connectivity index (χ1) is 10.3. The Bertz CT molecular complexity index is 426. The van der Waals surface area contributed by atoms with Crippen molar-refractivity contribution in [1.82, 2.24) is 0 Å². The molecule has 0 aliphatic heterocycles. The zero-order valence-corrected chi connectivity index (χ0v) is 13.3. The second-order valence-electron chi connectivity index (χ2n) is 5.33. The van der Waals surface area contributed by atoms with E-state index in [1.165, 1.54) is 38.5 Å². The van der Waals surface area contributed by atoms with Gasteiger partial charge in [0.1, 0.15) is 12.3 Å². The summed E-state index contributed by atoms with van der Waals surface area (Å²) in [6.45, 7) is 4.51. The quantitative estimate of drug-likeness (QED) is 0.248. The fraction of sp³-hybridized carbons (Fsp3) is 0.556. The van der Waals surface area contributed by atoms with Gasteiger partial charge in [-0.2, -0.15) is 0 Å². The first kappa shape index (κ1) is 17.4. The third-order valence-corrected chi connectivity index (χ3v) is 3.41. The summed E-state index contributed by atoms with van der Waals surface area (Å²) in [6.07, 6.45) is 8.69. The Morgan fingerprint density at radius 3 is 2.29 bits per heavy atom. The van der Waals surface area contributed by atoms with Gasteiger partial charge in [-0.3, -0.25) is 4.79 Å². The van der Waals surface area contributed by atoms with Gasteiger partial charge in [0.2, 0.25) is 5.78 Å². The van der Waals surface area contributed by atoms with Crippen LogP contribution in [0.3, 0.4) is 0 Å². The minimum absolute atomic E-state index is 0.0739. The second kappa shape index (κ2) is 11.1. The van der Waals surface area contributed by atoms with Crippen LogP contribution in [-0.4, -0.2) is 18.1 Å². The average molecular weight is 289 g/mol. The first-order valence-electron chi connectivity index (χ1n) is 8.02. The molecule has 0 fully saturated rings. The number of carbonyl (C=O) groups is 1. The fourth-order valence-corrected chi connectivity index (χ4v) is 2.11. The van der Waals surface area contributed by atoms with E-state index >= 15 is 0 Å². The average Bonchev–Trinajstić information content (AvgIpc) is 2.53. The Balaban J connectivity index is 2.14. The van der Waals surface area contributed by atoms with Gasteiger partial charge in [-0.15, -0.1) is 0 Å². The molecule has 0 amide bonds. The summed E-state index contributed by atoms with van der Waals surface area (Å²) in [7, 11) is 0. The van der Waals surface area contributed by atoms with E-state index in [1.54, 1.807) is 19.1 Å². The monoisotopic (exact) mass is 289 g/mol. The Hall–Kier alpha value is -1.64. The van der Waals surface area contributed by atoms with Gasteiger partial charge in [0.05, 0.1) is 0 Å². The highest BCUT2D eigenvalue weighted by atomic mass is 16.6. The first-order valence-corrected chi connectivity index (χ1v) is 8.02. The zero-order chi connectivity index (χ0) is 15.3. The highest BCUT2D eigenvalue weighted by Crippen LogP contribution is 2.07. The van der Waals surface area contributed by atoms with Crippen LogP contribution in [0.5, 0.6) is 0 Å². The normalized spacial score (nSPS) is 11.4. The van der Waals surface area contributed by atoms with Crippen LogP contribution in [0.1, 0.15) is 69.2 Å². The highest BCUT2D eigenvalue weighted by molar-refractivity contribution is 6.45. The summed E-state index contributed by atoms with van der Waals surface area (Å²) < 4.78 is 0. The summed E-state index contributed by atoms with van der Waals surface area (Å²) in [5.41, 5.74) is 1.06. The number of nitrogens with zero attached hydrogens (tertiary/aromatic N) is 1. The molecule has 0 bridgehead atoms. The number of rotatable bonds is 11. The van der Waals surface area contributed by atoms with Crippen LogP contribution in [-0.2, 0) is 4.84 Å². The summed E-state index contributed by atoms with van der Waals surface area (Å²) >= 11 is 0. The molecule has 0 aromatic heterocycles. The Kier molecular flexibility index (Phi) is 9.18. The third-order valence-electron chi connectivity index (χ3n) is 3.41. The molecule has 0 spiro atoms. The molecule has 0 saturated carbocycles. The van der Waals surface area contributed by atoms with Crippen LogP contribution in [0.4, 0.5) is 0 Å². The molecule has 3 heteroatoms. The van der Waals surface area contributed by atoms with Gasteiger partial charge in [-0.25, -0.2) is 0 Å². The van der Waals surface area contributed by atoms with Crippen molar-refractivity contribution in [3.63, 3.8) is 0 Å². The number of unbranched alkanes of at least 4 members (excludes halogenated alkanes) is 6. The molecule has 1 aromatic rings. The van der Waals surface area contributed by atoms with Gasteiger partial charge < -0.3 is 4.84 Å². The molecule has 0 unspecified atom stereocenters. The van der Waals surface area contributed by atoms with Crippen molar-refractivity contribution in [1.29, 1.82) is 0 Å². The Labute approximate surface area is 128 Å². The molecule has 3 nitrogen and oxygen atoms in total. The minimum Gasteiger partial charge on any atom is -0.395 e. The Morgan fingerprint density at radius 1 is 1.00 bits per heavy atom. The van der Waals surface area contributed by atoms with E-state index < -0.39 is 0 Å². The largest absolute Gasteiger partial charge is 0.395 e. The van der Waals surface area contributed by atoms with E-state index in [1.807, 2.05) is 18.2 Å². The van der Waals surface area contributed by atoms with Crippen molar-refractivity contribution in [2.45, 2.75) is 58.8 Å². The van der Waals surface area contributed by atoms with E-state index in [4.69, 9.17) is 4.84 Å². The molecule has 1 aromatic carbocycles. The van der Waals surface area contributed by atoms with Crippen molar-refractivity contribution in [2.75, 3.05) is 6.61 Å². The smallest absolute Gasteiger partial charge is 0.210 e. The van der Waals surface area contributed by atoms with E-state index in [0.29, 0.717) is 17.9 Å².